The fraction of sp³-hybridized carbons (Fsp3) is 0.615. The first kappa shape index (κ1) is 11.2. The standard InChI is InChI=1S/C13H21N3/c1-16(2)12-7-8-13(15-10-12)14-9-11-5-3-4-6-11/h7-8,10-11H,3-6,9H2,1-2H3,(H,14,15). The second kappa shape index (κ2) is 5.19. The summed E-state index contributed by atoms with van der Waals surface area (Å²) < 4.78 is 0. The highest BCUT2D eigenvalue weighted by Gasteiger charge is 2.14. The van der Waals surface area contributed by atoms with E-state index < -0.39 is 0 Å². The monoisotopic (exact) mass is 219 g/mol. The van der Waals surface area contributed by atoms with E-state index in [9.17, 15) is 0 Å². The minimum Gasteiger partial charge on any atom is -0.376 e. The predicted octanol–water partition coefficient (Wildman–Crippen LogP) is 2.75. The third-order valence-corrected chi connectivity index (χ3v) is 3.31. The number of anilines is 2. The molecule has 1 N–H and O–H groups in total. The SMILES string of the molecule is CN(C)c1ccc(NCC2CCCC2)nc1. The lowest BCUT2D eigenvalue weighted by Gasteiger charge is -2.14. The Kier molecular flexibility index (Phi) is 3.65. The van der Waals surface area contributed by atoms with Crippen molar-refractivity contribution in [1.82, 2.24) is 4.98 Å². The molecular formula is C13H21N3. The Hall–Kier alpha value is -1.25. The molecule has 1 aromatic rings. The van der Waals surface area contributed by atoms with E-state index in [1.807, 2.05) is 20.3 Å². The summed E-state index contributed by atoms with van der Waals surface area (Å²) in [5.74, 6) is 1.85. The summed E-state index contributed by atoms with van der Waals surface area (Å²) in [5, 5.41) is 3.42. The van der Waals surface area contributed by atoms with Crippen LogP contribution in [0.3, 0.4) is 0 Å². The van der Waals surface area contributed by atoms with Crippen molar-refractivity contribution in [3.8, 4) is 0 Å². The van der Waals surface area contributed by atoms with Gasteiger partial charge in [-0.25, -0.2) is 4.98 Å². The minimum absolute atomic E-state index is 0.857. The predicted molar refractivity (Wildman–Crippen MR) is 69.0 cm³/mol. The average Bonchev–Trinajstić information content (AvgIpc) is 2.80. The zero-order valence-electron chi connectivity index (χ0n) is 10.2. The van der Waals surface area contributed by atoms with E-state index in [0.29, 0.717) is 0 Å². The topological polar surface area (TPSA) is 28.2 Å². The highest BCUT2D eigenvalue weighted by molar-refractivity contribution is 5.48. The van der Waals surface area contributed by atoms with Crippen LogP contribution in [0.15, 0.2) is 18.3 Å². The molecule has 0 amide bonds. The number of rotatable bonds is 4. The van der Waals surface area contributed by atoms with Gasteiger partial charge < -0.3 is 10.2 Å². The zero-order chi connectivity index (χ0) is 11.4. The molecule has 1 aromatic heterocycles. The van der Waals surface area contributed by atoms with Gasteiger partial charge in [0.2, 0.25) is 0 Å². The molecule has 0 aromatic carbocycles. The quantitative estimate of drug-likeness (QED) is 0.844. The molecule has 0 saturated heterocycles. The summed E-state index contributed by atoms with van der Waals surface area (Å²) in [6.07, 6.45) is 7.47. The fourth-order valence-corrected chi connectivity index (χ4v) is 2.22. The average molecular weight is 219 g/mol. The maximum Gasteiger partial charge on any atom is 0.126 e. The van der Waals surface area contributed by atoms with E-state index >= 15 is 0 Å². The fourth-order valence-electron chi connectivity index (χ4n) is 2.22. The van der Waals surface area contributed by atoms with Crippen LogP contribution in [0.1, 0.15) is 25.7 Å². The minimum atomic E-state index is 0.857. The van der Waals surface area contributed by atoms with Crippen LogP contribution in [-0.4, -0.2) is 25.6 Å². The van der Waals surface area contributed by atoms with Crippen molar-refractivity contribution in [3.05, 3.63) is 18.3 Å². The van der Waals surface area contributed by atoms with Crippen LogP contribution in [0.2, 0.25) is 0 Å². The van der Waals surface area contributed by atoms with E-state index in [1.165, 1.54) is 25.7 Å². The summed E-state index contributed by atoms with van der Waals surface area (Å²) in [7, 11) is 4.06. The summed E-state index contributed by atoms with van der Waals surface area (Å²) in [6, 6.07) is 4.16. The molecule has 3 nitrogen and oxygen atoms in total. The van der Waals surface area contributed by atoms with Crippen molar-refractivity contribution in [2.75, 3.05) is 30.9 Å². The van der Waals surface area contributed by atoms with Gasteiger partial charge >= 0.3 is 0 Å². The summed E-state index contributed by atoms with van der Waals surface area (Å²) in [5.41, 5.74) is 1.14. The largest absolute Gasteiger partial charge is 0.376 e. The molecule has 1 fully saturated rings. The first-order valence-corrected chi connectivity index (χ1v) is 6.13. The number of pyridine rings is 1. The zero-order valence-corrected chi connectivity index (χ0v) is 10.2. The molecular weight excluding hydrogens is 198 g/mol. The first-order valence-electron chi connectivity index (χ1n) is 6.13. The van der Waals surface area contributed by atoms with Crippen molar-refractivity contribution in [1.29, 1.82) is 0 Å². The van der Waals surface area contributed by atoms with Gasteiger partial charge in [0.05, 0.1) is 11.9 Å². The van der Waals surface area contributed by atoms with E-state index in [-0.39, 0.29) is 0 Å². The van der Waals surface area contributed by atoms with E-state index in [2.05, 4.69) is 27.3 Å². The number of nitrogens with zero attached hydrogens (tertiary/aromatic N) is 2. The third-order valence-electron chi connectivity index (χ3n) is 3.31. The first-order chi connectivity index (χ1) is 7.75. The maximum absolute atomic E-state index is 4.41. The van der Waals surface area contributed by atoms with Crippen LogP contribution < -0.4 is 10.2 Å². The molecule has 1 aliphatic rings. The third kappa shape index (κ3) is 2.87. The Morgan fingerprint density at radius 1 is 1.31 bits per heavy atom. The Balaban J connectivity index is 1.84. The second-order valence-electron chi connectivity index (χ2n) is 4.83. The van der Waals surface area contributed by atoms with Crippen LogP contribution in [-0.2, 0) is 0 Å². The van der Waals surface area contributed by atoms with Crippen LogP contribution in [0.25, 0.3) is 0 Å². The molecule has 1 saturated carbocycles. The Bertz CT molecular complexity index is 312. The summed E-state index contributed by atoms with van der Waals surface area (Å²) in [4.78, 5) is 6.47. The van der Waals surface area contributed by atoms with Crippen LogP contribution in [0.4, 0.5) is 11.5 Å². The van der Waals surface area contributed by atoms with Gasteiger partial charge in [-0.3, -0.25) is 0 Å². The van der Waals surface area contributed by atoms with Crippen molar-refractivity contribution in [2.45, 2.75) is 25.7 Å². The van der Waals surface area contributed by atoms with Gasteiger partial charge in [0.1, 0.15) is 5.82 Å². The molecule has 3 heteroatoms. The highest BCUT2D eigenvalue weighted by atomic mass is 15.1. The van der Waals surface area contributed by atoms with Crippen LogP contribution in [0.5, 0.6) is 0 Å². The lowest BCUT2D eigenvalue weighted by atomic mass is 10.1. The molecule has 1 aliphatic carbocycles. The van der Waals surface area contributed by atoms with Gasteiger partial charge in [-0.2, -0.15) is 0 Å². The van der Waals surface area contributed by atoms with E-state index in [0.717, 1.165) is 24.0 Å². The van der Waals surface area contributed by atoms with Crippen LogP contribution >= 0.6 is 0 Å². The number of aromatic nitrogens is 1. The van der Waals surface area contributed by atoms with Gasteiger partial charge in [-0.15, -0.1) is 0 Å². The lowest BCUT2D eigenvalue weighted by molar-refractivity contribution is 0.579. The molecule has 0 radical (unpaired) electrons. The van der Waals surface area contributed by atoms with Crippen molar-refractivity contribution < 1.29 is 0 Å². The molecule has 0 aliphatic heterocycles. The van der Waals surface area contributed by atoms with Crippen LogP contribution in [0, 0.1) is 5.92 Å². The molecule has 0 unspecified atom stereocenters. The lowest BCUT2D eigenvalue weighted by Crippen LogP contribution is -2.13. The van der Waals surface area contributed by atoms with Crippen molar-refractivity contribution >= 4 is 11.5 Å². The Morgan fingerprint density at radius 2 is 2.06 bits per heavy atom. The van der Waals surface area contributed by atoms with Gasteiger partial charge in [-0.05, 0) is 30.9 Å². The number of nitrogens with one attached hydrogen (secondary N) is 1. The summed E-state index contributed by atoms with van der Waals surface area (Å²) in [6.45, 7) is 1.08. The van der Waals surface area contributed by atoms with Crippen molar-refractivity contribution in [3.63, 3.8) is 0 Å². The Morgan fingerprint density at radius 3 is 2.62 bits per heavy atom. The molecule has 88 valence electrons. The molecule has 16 heavy (non-hydrogen) atoms. The van der Waals surface area contributed by atoms with Crippen molar-refractivity contribution in [2.24, 2.45) is 5.92 Å². The number of hydrogen-bond donors (Lipinski definition) is 1. The molecule has 0 spiro atoms. The molecule has 0 bridgehead atoms. The highest BCUT2D eigenvalue weighted by Crippen LogP contribution is 2.24. The van der Waals surface area contributed by atoms with Gasteiger partial charge in [0.25, 0.3) is 0 Å². The maximum atomic E-state index is 4.41. The van der Waals surface area contributed by atoms with Gasteiger partial charge in [-0.1, -0.05) is 12.8 Å². The summed E-state index contributed by atoms with van der Waals surface area (Å²) >= 11 is 0. The Labute approximate surface area is 97.9 Å². The number of hydrogen-bond acceptors (Lipinski definition) is 3. The molecule has 0 atom stereocenters. The molecule has 2 rings (SSSR count). The second-order valence-corrected chi connectivity index (χ2v) is 4.83. The van der Waals surface area contributed by atoms with Gasteiger partial charge in [0, 0.05) is 20.6 Å². The van der Waals surface area contributed by atoms with E-state index in [1.54, 1.807) is 0 Å². The smallest absolute Gasteiger partial charge is 0.126 e. The van der Waals surface area contributed by atoms with Gasteiger partial charge in [0.15, 0.2) is 0 Å². The molecule has 1 heterocycles. The van der Waals surface area contributed by atoms with E-state index in [4.69, 9.17) is 0 Å². The normalized spacial score (nSPS) is 16.4.